The van der Waals surface area contributed by atoms with Crippen LogP contribution in [0.15, 0.2) is 26.3 Å². The first kappa shape index (κ1) is 22.1. The number of rotatable bonds is 7. The Morgan fingerprint density at radius 1 is 1.31 bits per heavy atom. The van der Waals surface area contributed by atoms with Gasteiger partial charge in [-0.1, -0.05) is 13.3 Å². The summed E-state index contributed by atoms with van der Waals surface area (Å²) in [5.41, 5.74) is 0.874. The summed E-state index contributed by atoms with van der Waals surface area (Å²) in [6.45, 7) is 6.60. The second-order valence-corrected chi connectivity index (χ2v) is 8.48. The minimum absolute atomic E-state index is 0.0887. The van der Waals surface area contributed by atoms with Gasteiger partial charge in [0.05, 0.1) is 12.8 Å². The van der Waals surface area contributed by atoms with E-state index >= 15 is 0 Å². The van der Waals surface area contributed by atoms with Gasteiger partial charge in [-0.05, 0) is 32.3 Å². The lowest BCUT2D eigenvalue weighted by Gasteiger charge is -2.31. The average Bonchev–Trinajstić information content (AvgIpc) is 3.33. The van der Waals surface area contributed by atoms with Crippen molar-refractivity contribution in [2.75, 3.05) is 13.1 Å². The van der Waals surface area contributed by atoms with Crippen molar-refractivity contribution in [1.82, 2.24) is 29.3 Å². The third-order valence-electron chi connectivity index (χ3n) is 6.20. The van der Waals surface area contributed by atoms with E-state index in [0.29, 0.717) is 30.0 Å². The van der Waals surface area contributed by atoms with E-state index in [1.54, 1.807) is 15.2 Å². The molecule has 1 fully saturated rings. The van der Waals surface area contributed by atoms with Crippen LogP contribution in [0.25, 0.3) is 11.2 Å². The van der Waals surface area contributed by atoms with Crippen molar-refractivity contribution in [3.63, 3.8) is 0 Å². The minimum atomic E-state index is -0.413. The molecule has 0 saturated carbocycles. The molecule has 10 heteroatoms. The number of fused-ring (bicyclic) bond motifs is 1. The van der Waals surface area contributed by atoms with Crippen molar-refractivity contribution in [2.45, 2.75) is 58.7 Å². The first-order valence-electron chi connectivity index (χ1n) is 11.1. The highest BCUT2D eigenvalue weighted by Gasteiger charge is 2.25. The molecule has 10 nitrogen and oxygen atoms in total. The summed E-state index contributed by atoms with van der Waals surface area (Å²) >= 11 is 0. The topological polar surface area (TPSA) is 118 Å². The summed E-state index contributed by atoms with van der Waals surface area (Å²) in [6.07, 6.45) is 4.94. The van der Waals surface area contributed by atoms with Crippen LogP contribution in [0.5, 0.6) is 0 Å². The van der Waals surface area contributed by atoms with Crippen LogP contribution in [0.1, 0.15) is 54.5 Å². The molecule has 0 unspecified atom stereocenters. The van der Waals surface area contributed by atoms with Crippen molar-refractivity contribution in [2.24, 2.45) is 7.05 Å². The van der Waals surface area contributed by atoms with Crippen LogP contribution in [0.3, 0.4) is 0 Å². The zero-order valence-corrected chi connectivity index (χ0v) is 18.8. The van der Waals surface area contributed by atoms with Gasteiger partial charge >= 0.3 is 5.69 Å². The Balaban J connectivity index is 1.44. The molecule has 0 radical (unpaired) electrons. The summed E-state index contributed by atoms with van der Waals surface area (Å²) in [4.78, 5) is 46.5. The van der Waals surface area contributed by atoms with E-state index in [1.807, 2.05) is 14.0 Å². The van der Waals surface area contributed by atoms with Gasteiger partial charge in [-0.3, -0.25) is 24.0 Å². The predicted molar refractivity (Wildman–Crippen MR) is 120 cm³/mol. The average molecular weight is 443 g/mol. The lowest BCUT2D eigenvalue weighted by Crippen LogP contribution is -2.44. The highest BCUT2D eigenvalue weighted by Crippen LogP contribution is 2.17. The van der Waals surface area contributed by atoms with E-state index in [0.717, 1.165) is 50.2 Å². The Labute approximate surface area is 185 Å². The third-order valence-corrected chi connectivity index (χ3v) is 6.20. The fourth-order valence-electron chi connectivity index (χ4n) is 4.25. The molecule has 0 aliphatic carbocycles. The number of furan rings is 1. The Bertz CT molecular complexity index is 1230. The Morgan fingerprint density at radius 3 is 2.72 bits per heavy atom. The SMILES string of the molecule is CCCCn1c(=O)[nH]c(=O)c2c1nc(CN1CCC(NC(=O)c3occc3C)CC1)n2C. The Hall–Kier alpha value is -3.14. The van der Waals surface area contributed by atoms with Crippen molar-refractivity contribution in [3.05, 3.63) is 50.3 Å². The minimum Gasteiger partial charge on any atom is -0.459 e. The number of likely N-dealkylation sites (tertiary alicyclic amines) is 1. The van der Waals surface area contributed by atoms with Crippen LogP contribution in [0.4, 0.5) is 0 Å². The van der Waals surface area contributed by atoms with Crippen LogP contribution in [0.2, 0.25) is 0 Å². The number of carbonyl (C=O) groups is 1. The number of amides is 1. The number of aromatic nitrogens is 4. The number of nitrogens with zero attached hydrogens (tertiary/aromatic N) is 4. The molecular formula is C22H30N6O4. The second kappa shape index (κ2) is 9.15. The van der Waals surface area contributed by atoms with Gasteiger partial charge in [-0.2, -0.15) is 0 Å². The molecule has 0 atom stereocenters. The van der Waals surface area contributed by atoms with Crippen molar-refractivity contribution >= 4 is 17.1 Å². The molecule has 1 aliphatic heterocycles. The van der Waals surface area contributed by atoms with Crippen LogP contribution in [-0.4, -0.2) is 49.0 Å². The summed E-state index contributed by atoms with van der Waals surface area (Å²) in [5, 5.41) is 3.06. The maximum absolute atomic E-state index is 12.4. The zero-order valence-electron chi connectivity index (χ0n) is 18.8. The molecule has 4 heterocycles. The number of H-pyrrole nitrogens is 1. The number of piperidine rings is 1. The lowest BCUT2D eigenvalue weighted by molar-refractivity contribution is 0.0879. The van der Waals surface area contributed by atoms with E-state index in [1.165, 1.54) is 6.26 Å². The smallest absolute Gasteiger partial charge is 0.330 e. The van der Waals surface area contributed by atoms with Crippen LogP contribution in [-0.2, 0) is 20.1 Å². The van der Waals surface area contributed by atoms with E-state index in [9.17, 15) is 14.4 Å². The standard InChI is InChI=1S/C22H30N6O4/c1-4-5-9-28-19-17(20(29)25-22(28)31)26(3)16(24-19)13-27-10-6-15(7-11-27)23-21(30)18-14(2)8-12-32-18/h8,12,15H,4-7,9-11,13H2,1-3H3,(H,23,30)(H,25,29,31). The molecule has 0 spiro atoms. The predicted octanol–water partition coefficient (Wildman–Crippen LogP) is 1.52. The van der Waals surface area contributed by atoms with Gasteiger partial charge in [0.15, 0.2) is 16.9 Å². The molecule has 32 heavy (non-hydrogen) atoms. The molecule has 1 saturated heterocycles. The van der Waals surface area contributed by atoms with E-state index in [2.05, 4.69) is 27.1 Å². The first-order valence-corrected chi connectivity index (χ1v) is 11.1. The van der Waals surface area contributed by atoms with Crippen LogP contribution < -0.4 is 16.6 Å². The molecule has 1 aliphatic rings. The highest BCUT2D eigenvalue weighted by molar-refractivity contribution is 5.92. The second-order valence-electron chi connectivity index (χ2n) is 8.48. The molecule has 3 aromatic rings. The maximum atomic E-state index is 12.4. The molecule has 2 N–H and O–H groups in total. The number of unbranched alkanes of at least 4 members (excludes halogenated alkanes) is 1. The van der Waals surface area contributed by atoms with Crippen molar-refractivity contribution < 1.29 is 9.21 Å². The van der Waals surface area contributed by atoms with Gasteiger partial charge in [-0.15, -0.1) is 0 Å². The molecule has 3 aromatic heterocycles. The van der Waals surface area contributed by atoms with E-state index < -0.39 is 11.2 Å². The van der Waals surface area contributed by atoms with Crippen molar-refractivity contribution in [3.8, 4) is 0 Å². The van der Waals surface area contributed by atoms with Crippen LogP contribution in [0, 0.1) is 6.92 Å². The monoisotopic (exact) mass is 442 g/mol. The summed E-state index contributed by atoms with van der Waals surface area (Å²) in [7, 11) is 1.81. The first-order chi connectivity index (χ1) is 15.4. The summed E-state index contributed by atoms with van der Waals surface area (Å²) < 4.78 is 8.62. The molecule has 0 bridgehead atoms. The fourth-order valence-corrected chi connectivity index (χ4v) is 4.25. The molecule has 172 valence electrons. The van der Waals surface area contributed by atoms with E-state index in [-0.39, 0.29) is 11.9 Å². The van der Waals surface area contributed by atoms with Gasteiger partial charge in [0.2, 0.25) is 0 Å². The van der Waals surface area contributed by atoms with Gasteiger partial charge in [-0.25, -0.2) is 9.78 Å². The Morgan fingerprint density at radius 2 is 2.06 bits per heavy atom. The summed E-state index contributed by atoms with van der Waals surface area (Å²) in [6, 6.07) is 1.87. The number of nitrogens with one attached hydrogen (secondary N) is 2. The number of hydrogen-bond acceptors (Lipinski definition) is 6. The lowest BCUT2D eigenvalue weighted by atomic mass is 10.0. The number of aromatic amines is 1. The largest absolute Gasteiger partial charge is 0.459 e. The fraction of sp³-hybridized carbons (Fsp3) is 0.545. The summed E-state index contributed by atoms with van der Waals surface area (Å²) in [5.74, 6) is 0.937. The quantitative estimate of drug-likeness (QED) is 0.573. The van der Waals surface area contributed by atoms with Gasteiger partial charge in [0, 0.05) is 38.3 Å². The number of carbonyl (C=O) groups excluding carboxylic acids is 1. The van der Waals surface area contributed by atoms with Gasteiger partial charge in [0.1, 0.15) is 5.82 Å². The molecule has 1 amide bonds. The van der Waals surface area contributed by atoms with Gasteiger partial charge in [0.25, 0.3) is 11.5 Å². The van der Waals surface area contributed by atoms with Gasteiger partial charge < -0.3 is 14.3 Å². The Kier molecular flexibility index (Phi) is 6.31. The number of hydrogen-bond donors (Lipinski definition) is 2. The molecule has 4 rings (SSSR count). The normalized spacial score (nSPS) is 15.5. The number of aryl methyl sites for hydroxylation is 3. The van der Waals surface area contributed by atoms with Crippen LogP contribution >= 0.6 is 0 Å². The molecular weight excluding hydrogens is 412 g/mol. The van der Waals surface area contributed by atoms with E-state index in [4.69, 9.17) is 4.42 Å². The molecule has 0 aromatic carbocycles. The third kappa shape index (κ3) is 4.27. The maximum Gasteiger partial charge on any atom is 0.330 e. The van der Waals surface area contributed by atoms with Crippen molar-refractivity contribution in [1.29, 1.82) is 0 Å². The zero-order chi connectivity index (χ0) is 22.8. The highest BCUT2D eigenvalue weighted by atomic mass is 16.3. The number of imidazole rings is 1.